The van der Waals surface area contributed by atoms with Crippen LogP contribution in [0.1, 0.15) is 22.0 Å². The molecule has 0 amide bonds. The largest absolute Gasteiger partial charge is 0.340 e. The van der Waals surface area contributed by atoms with Crippen LogP contribution in [0.2, 0.25) is 0 Å². The number of thiazole rings is 1. The van der Waals surface area contributed by atoms with Crippen molar-refractivity contribution in [3.05, 3.63) is 39.6 Å². The van der Waals surface area contributed by atoms with Gasteiger partial charge in [0.2, 0.25) is 5.95 Å². The zero-order valence-electron chi connectivity index (χ0n) is 14.7. The van der Waals surface area contributed by atoms with E-state index in [4.69, 9.17) is 10.7 Å². The Kier molecular flexibility index (Phi) is 4.40. The van der Waals surface area contributed by atoms with Gasteiger partial charge in [-0.05, 0) is 38.5 Å². The molecule has 2 N–H and O–H groups in total. The van der Waals surface area contributed by atoms with Crippen molar-refractivity contribution in [2.45, 2.75) is 39.0 Å². The van der Waals surface area contributed by atoms with Crippen molar-refractivity contribution in [3.8, 4) is 0 Å². The molecule has 3 heterocycles. The fourth-order valence-corrected chi connectivity index (χ4v) is 4.41. The van der Waals surface area contributed by atoms with Gasteiger partial charge in [0, 0.05) is 18.0 Å². The molecule has 1 aliphatic rings. The quantitative estimate of drug-likeness (QED) is 0.762. The Labute approximate surface area is 154 Å². The highest BCUT2D eigenvalue weighted by molar-refractivity contribution is 7.11. The van der Waals surface area contributed by atoms with Crippen LogP contribution in [0.4, 0.5) is 14.7 Å². The zero-order chi connectivity index (χ0) is 18.4. The number of imidazole rings is 1. The summed E-state index contributed by atoms with van der Waals surface area (Å²) in [5.74, 6) is 0.403. The summed E-state index contributed by atoms with van der Waals surface area (Å²) < 4.78 is 29.7. The van der Waals surface area contributed by atoms with E-state index in [1.54, 1.807) is 17.4 Å². The number of nitrogens with zero attached hydrogens (tertiary/aromatic N) is 4. The molecule has 8 heteroatoms. The Morgan fingerprint density at radius 3 is 2.81 bits per heavy atom. The maximum Gasteiger partial charge on any atom is 0.206 e. The molecule has 0 radical (unpaired) electrons. The summed E-state index contributed by atoms with van der Waals surface area (Å²) >= 11 is 1.62. The Balaban J connectivity index is 1.80. The molecule has 2 aromatic heterocycles. The molecule has 5 nitrogen and oxygen atoms in total. The second-order valence-electron chi connectivity index (χ2n) is 6.79. The van der Waals surface area contributed by atoms with Crippen LogP contribution in [0.5, 0.6) is 0 Å². The van der Waals surface area contributed by atoms with Gasteiger partial charge in [-0.2, -0.15) is 0 Å². The molecule has 138 valence electrons. The van der Waals surface area contributed by atoms with Gasteiger partial charge in [0.15, 0.2) is 0 Å². The number of anilines is 1. The van der Waals surface area contributed by atoms with Crippen molar-refractivity contribution in [1.82, 2.24) is 14.5 Å². The second kappa shape index (κ2) is 6.59. The van der Waals surface area contributed by atoms with Gasteiger partial charge in [-0.15, -0.1) is 11.3 Å². The van der Waals surface area contributed by atoms with Crippen LogP contribution in [-0.4, -0.2) is 39.8 Å². The Morgan fingerprint density at radius 2 is 2.12 bits per heavy atom. The molecular weight excluding hydrogens is 356 g/mol. The van der Waals surface area contributed by atoms with Crippen LogP contribution in [0.3, 0.4) is 0 Å². The van der Waals surface area contributed by atoms with E-state index in [2.05, 4.69) is 4.98 Å². The lowest BCUT2D eigenvalue weighted by molar-refractivity contribution is 0.243. The smallest absolute Gasteiger partial charge is 0.206 e. The monoisotopic (exact) mass is 377 g/mol. The number of piperidine rings is 1. The van der Waals surface area contributed by atoms with E-state index in [9.17, 15) is 8.78 Å². The highest BCUT2D eigenvalue weighted by atomic mass is 32.1. The lowest BCUT2D eigenvalue weighted by Crippen LogP contribution is -2.50. The number of hydrogen-bond donors (Lipinski definition) is 1. The molecule has 26 heavy (non-hydrogen) atoms. The van der Waals surface area contributed by atoms with Gasteiger partial charge in [0.1, 0.15) is 12.0 Å². The number of benzene rings is 1. The number of alkyl halides is 1. The van der Waals surface area contributed by atoms with Gasteiger partial charge in [0.05, 0.1) is 34.3 Å². The maximum atomic E-state index is 13.9. The normalized spacial score (nSPS) is 20.9. The summed E-state index contributed by atoms with van der Waals surface area (Å²) in [7, 11) is 0. The van der Waals surface area contributed by atoms with Crippen LogP contribution < -0.4 is 10.6 Å². The first-order valence-electron chi connectivity index (χ1n) is 8.65. The van der Waals surface area contributed by atoms with Crippen LogP contribution in [-0.2, 0) is 6.54 Å². The first-order chi connectivity index (χ1) is 12.4. The maximum absolute atomic E-state index is 13.9. The number of hydrogen-bond acceptors (Lipinski definition) is 5. The fraction of sp³-hybridized carbons (Fsp3) is 0.444. The van der Waals surface area contributed by atoms with Crippen LogP contribution in [0.15, 0.2) is 18.2 Å². The molecular formula is C18H21F2N5S. The third kappa shape index (κ3) is 3.07. The van der Waals surface area contributed by atoms with Gasteiger partial charge >= 0.3 is 0 Å². The number of fused-ring (bicyclic) bond motifs is 1. The molecule has 0 unspecified atom stereocenters. The first kappa shape index (κ1) is 17.4. The topological polar surface area (TPSA) is 60.0 Å². The highest BCUT2D eigenvalue weighted by Crippen LogP contribution is 2.29. The summed E-state index contributed by atoms with van der Waals surface area (Å²) in [5, 5.41) is 0.995. The lowest BCUT2D eigenvalue weighted by atomic mass is 10.1. The molecule has 1 aliphatic heterocycles. The third-order valence-electron chi connectivity index (χ3n) is 4.84. The van der Waals surface area contributed by atoms with Crippen molar-refractivity contribution in [3.63, 3.8) is 0 Å². The SMILES string of the molecule is Cc1nc(C)c(Cn2c(N3CC[C@@H](F)[C@H](N)C3)nc3ccc(F)cc32)s1. The Hall–Kier alpha value is -2.06. The van der Waals surface area contributed by atoms with Gasteiger partial charge in [-0.3, -0.25) is 0 Å². The first-order valence-corrected chi connectivity index (χ1v) is 9.47. The summed E-state index contributed by atoms with van der Waals surface area (Å²) in [6, 6.07) is 4.04. The average Bonchev–Trinajstić information content (AvgIpc) is 3.10. The Morgan fingerprint density at radius 1 is 1.31 bits per heavy atom. The molecule has 0 saturated carbocycles. The van der Waals surface area contributed by atoms with E-state index >= 15 is 0 Å². The molecule has 1 fully saturated rings. The zero-order valence-corrected chi connectivity index (χ0v) is 15.6. The summed E-state index contributed by atoms with van der Waals surface area (Å²) in [6.07, 6.45) is -0.620. The minimum absolute atomic E-state index is 0.304. The van der Waals surface area contributed by atoms with E-state index in [0.717, 1.165) is 26.6 Å². The number of nitrogens with two attached hydrogens (primary N) is 1. The number of rotatable bonds is 3. The van der Waals surface area contributed by atoms with Crippen molar-refractivity contribution in [2.24, 2.45) is 5.73 Å². The van der Waals surface area contributed by atoms with Gasteiger partial charge in [0.25, 0.3) is 0 Å². The van der Waals surface area contributed by atoms with Crippen molar-refractivity contribution >= 4 is 28.3 Å². The second-order valence-corrected chi connectivity index (χ2v) is 8.07. The predicted octanol–water partition coefficient (Wildman–Crippen LogP) is 3.17. The molecule has 1 aromatic carbocycles. The molecule has 0 aliphatic carbocycles. The summed E-state index contributed by atoms with van der Waals surface area (Å²) in [5.41, 5.74) is 8.34. The lowest BCUT2D eigenvalue weighted by Gasteiger charge is -2.34. The minimum Gasteiger partial charge on any atom is -0.340 e. The molecule has 3 aromatic rings. The molecule has 4 rings (SSSR count). The van der Waals surface area contributed by atoms with Crippen LogP contribution >= 0.6 is 11.3 Å². The molecule has 0 spiro atoms. The van der Waals surface area contributed by atoms with Crippen molar-refractivity contribution in [2.75, 3.05) is 18.0 Å². The van der Waals surface area contributed by atoms with Crippen molar-refractivity contribution in [1.29, 1.82) is 0 Å². The van der Waals surface area contributed by atoms with E-state index in [-0.39, 0.29) is 5.82 Å². The number of aromatic nitrogens is 3. The molecule has 0 bridgehead atoms. The van der Waals surface area contributed by atoms with Gasteiger partial charge in [-0.25, -0.2) is 18.7 Å². The van der Waals surface area contributed by atoms with Crippen molar-refractivity contribution < 1.29 is 8.78 Å². The van der Waals surface area contributed by atoms with Crippen LogP contribution in [0.25, 0.3) is 11.0 Å². The molecule has 2 atom stereocenters. The number of aryl methyl sites for hydroxylation is 2. The standard InChI is InChI=1S/C18H21F2N5S/c1-10-17(26-11(2)22-10)9-25-16-7-12(19)3-4-15(16)23-18(25)24-6-5-13(20)14(21)8-24/h3-4,7,13-14H,5-6,8-9,21H2,1-2H3/t13-,14-/m1/s1. The average molecular weight is 377 g/mol. The molecule has 1 saturated heterocycles. The van der Waals surface area contributed by atoms with E-state index < -0.39 is 12.2 Å². The predicted molar refractivity (Wildman–Crippen MR) is 100 cm³/mol. The van der Waals surface area contributed by atoms with E-state index in [1.807, 2.05) is 23.3 Å². The summed E-state index contributed by atoms with van der Waals surface area (Å²) in [6.45, 7) is 5.44. The number of halogens is 2. The summed E-state index contributed by atoms with van der Waals surface area (Å²) in [4.78, 5) is 12.3. The minimum atomic E-state index is -0.993. The van der Waals surface area contributed by atoms with Gasteiger partial charge < -0.3 is 15.2 Å². The fourth-order valence-electron chi connectivity index (χ4n) is 3.48. The van der Waals surface area contributed by atoms with E-state index in [0.29, 0.717) is 32.0 Å². The highest BCUT2D eigenvalue weighted by Gasteiger charge is 2.29. The van der Waals surface area contributed by atoms with Crippen LogP contribution in [0, 0.1) is 19.7 Å². The third-order valence-corrected chi connectivity index (χ3v) is 5.90. The van der Waals surface area contributed by atoms with Gasteiger partial charge in [-0.1, -0.05) is 0 Å². The van der Waals surface area contributed by atoms with E-state index in [1.165, 1.54) is 12.1 Å². The Bertz CT molecular complexity index is 951.